The molecule has 4 rings (SSSR count). The van der Waals surface area contributed by atoms with Gasteiger partial charge in [0.05, 0.1) is 82.3 Å². The molecule has 4 aliphatic heterocycles. The summed E-state index contributed by atoms with van der Waals surface area (Å²) in [5, 5.41) is 71.3. The highest BCUT2D eigenvalue weighted by Crippen LogP contribution is 2.26. The van der Waals surface area contributed by atoms with Gasteiger partial charge in [-0.3, -0.25) is 28.8 Å². The smallest absolute Gasteiger partial charge is 0.305 e. The standard InChI is InChI=1S/C19H35ClNO5.2C16H29NO4.C3H7ClO2.C3H5ClO.3ClH.H2O/c1-2-3-10-21(13-18(24)14-21)11-6-8-16(22)7-4-5-9-19(25)26-15-17(23)12-20;2*1-2-3-10-17(12-15(19)13-17)11-6-8-14(18)7-4-5-9-16(20)21;4-1-3(6)2-5;4-1-3-2-5-3;;;;/h17-18,23-24H,2-15H2,1H3;2*15,19H,2-13H2,1H3;3,5-6H,1-2H2;3H,1-2H2;3*1H;1H2/q+1;;;;;;;;/p-1. The van der Waals surface area contributed by atoms with Gasteiger partial charge >= 0.3 is 17.9 Å². The molecule has 0 amide bonds. The van der Waals surface area contributed by atoms with Crippen molar-refractivity contribution >= 4 is 70.1 Å². The lowest BCUT2D eigenvalue weighted by Crippen LogP contribution is -3.00. The fraction of sp³-hybridized carbons (Fsp3) is 0.895. The summed E-state index contributed by atoms with van der Waals surface area (Å²) in [5.74, 6) is -0.395. The lowest BCUT2D eigenvalue weighted by molar-refractivity contribution is -0.972. The van der Waals surface area contributed by atoms with Gasteiger partial charge in [-0.1, -0.05) is 40.0 Å². The minimum Gasteiger partial charge on any atom is -1.00 e. The normalized spacial score (nSPS) is 22.8. The maximum Gasteiger partial charge on any atom is 0.305 e. The third-order valence-electron chi connectivity index (χ3n) is 14.7. The van der Waals surface area contributed by atoms with Crippen LogP contribution in [0.15, 0.2) is 0 Å². The number of ketones is 3. The summed E-state index contributed by atoms with van der Waals surface area (Å²) in [6.45, 7) is 18.4. The van der Waals surface area contributed by atoms with Crippen molar-refractivity contribution in [3.05, 3.63) is 0 Å². The van der Waals surface area contributed by atoms with Crippen LogP contribution in [0.25, 0.3) is 0 Å². The van der Waals surface area contributed by atoms with Crippen LogP contribution in [0.5, 0.6) is 0 Å². The van der Waals surface area contributed by atoms with Crippen molar-refractivity contribution in [2.24, 2.45) is 0 Å². The van der Waals surface area contributed by atoms with E-state index in [9.17, 15) is 49.2 Å². The number of nitrogens with zero attached hydrogens (tertiary/aromatic N) is 3. The van der Waals surface area contributed by atoms with Crippen LogP contribution in [-0.4, -0.2) is 248 Å². The van der Waals surface area contributed by atoms with Crippen LogP contribution in [0.4, 0.5) is 0 Å². The van der Waals surface area contributed by atoms with Crippen molar-refractivity contribution in [1.82, 2.24) is 0 Å². The van der Waals surface area contributed by atoms with E-state index in [1.165, 1.54) is 32.1 Å². The van der Waals surface area contributed by atoms with Gasteiger partial charge in [0.15, 0.2) is 18.3 Å². The van der Waals surface area contributed by atoms with Gasteiger partial charge in [-0.25, -0.2) is 0 Å². The number of aliphatic carboxylic acids is 2. The number of epoxide rings is 1. The molecule has 10 N–H and O–H groups in total. The molecule has 0 radical (unpaired) electrons. The van der Waals surface area contributed by atoms with Crippen molar-refractivity contribution in [3.8, 4) is 0 Å². The van der Waals surface area contributed by atoms with E-state index in [-0.39, 0.29) is 129 Å². The monoisotopic (exact) mass is 1320 g/mol. The molecule has 0 saturated carbocycles. The predicted octanol–water partition coefficient (Wildman–Crippen LogP) is -3.64. The molecule has 4 fully saturated rings. The Balaban J connectivity index is -0.000000328. The average molecular weight is 1320 g/mol. The maximum absolute atomic E-state index is 12.0. The van der Waals surface area contributed by atoms with Gasteiger partial charge < -0.3 is 106 Å². The Kier molecular flexibility index (Phi) is 59.8. The highest BCUT2D eigenvalue weighted by Gasteiger charge is 2.43. The lowest BCUT2D eigenvalue weighted by atomic mass is 10.0. The van der Waals surface area contributed by atoms with Gasteiger partial charge in [0.1, 0.15) is 69.3 Å². The number of carboxylic acids is 2. The number of halogens is 6. The number of hydrogen-bond acceptors (Lipinski definition) is 14. The average Bonchev–Trinajstić information content (AvgIpc) is 4.24. The van der Waals surface area contributed by atoms with Crippen LogP contribution in [0.1, 0.15) is 175 Å². The molecule has 0 spiro atoms. The summed E-state index contributed by atoms with van der Waals surface area (Å²) >= 11 is 15.7. The number of carbonyl (C=O) groups excluding carboxylic acids is 4. The summed E-state index contributed by atoms with van der Waals surface area (Å²) in [6, 6.07) is 0. The molecule has 20 nitrogen and oxygen atoms in total. The quantitative estimate of drug-likeness (QED) is 0.00962. The molecule has 3 unspecified atom stereocenters. The second-order valence-corrected chi connectivity index (χ2v) is 23.3. The van der Waals surface area contributed by atoms with E-state index >= 15 is 0 Å². The molecule has 0 aromatic carbocycles. The molecule has 0 aromatic rings. The fourth-order valence-electron chi connectivity index (χ4n) is 9.94. The van der Waals surface area contributed by atoms with Crippen LogP contribution in [-0.2, 0) is 38.2 Å². The molecule has 4 heterocycles. The number of esters is 1. The van der Waals surface area contributed by atoms with Gasteiger partial charge in [0.25, 0.3) is 0 Å². The number of aliphatic hydroxyl groups excluding tert-OH is 6. The number of hydrogen-bond donors (Lipinski definition) is 8. The van der Waals surface area contributed by atoms with Crippen LogP contribution in [0, 0.1) is 0 Å². The van der Waals surface area contributed by atoms with E-state index in [2.05, 4.69) is 20.8 Å². The summed E-state index contributed by atoms with van der Waals surface area (Å²) in [7, 11) is 0. The Bertz CT molecular complexity index is 1580. The third-order valence-corrected chi connectivity index (χ3v) is 15.7. The Hall–Kier alpha value is -1.28. The number of Topliss-reactive ketones (excluding diaryl/α,β-unsaturated/α-hetero) is 3. The van der Waals surface area contributed by atoms with E-state index < -0.39 is 24.1 Å². The molecule has 0 aromatic heterocycles. The summed E-state index contributed by atoms with van der Waals surface area (Å²) in [6.07, 6.45) is 15.7. The van der Waals surface area contributed by atoms with Crippen molar-refractivity contribution in [1.29, 1.82) is 0 Å². The first kappa shape index (κ1) is 90.5. The first-order valence-corrected chi connectivity index (χ1v) is 31.2. The Labute approximate surface area is 529 Å². The number of carbonyl (C=O) groups is 6. The van der Waals surface area contributed by atoms with Gasteiger partial charge in [0.2, 0.25) is 0 Å². The SMILES string of the molecule is CCCC[N+]1(CCCC(=O)CCCCC(=O)O)CC(O)C1.CCCC[N+]1(CCCC(=O)CCCCC(=O)O)CC(O)C1.CCCC[N+]1(CCCC(=O)CCCCC(=O)OCC(O)CCl)CC(O)C1.ClCC1CO1.O.OCC(O)CCl.[Cl-].[Cl-].[Cl-]. The number of quaternary nitrogens is 3. The molecule has 4 saturated heterocycles. The molecule has 83 heavy (non-hydrogen) atoms. The van der Waals surface area contributed by atoms with E-state index in [1.807, 2.05) is 0 Å². The van der Waals surface area contributed by atoms with Gasteiger partial charge in [-0.05, 0) is 57.8 Å². The third kappa shape index (κ3) is 48.3. The van der Waals surface area contributed by atoms with Crippen LogP contribution in [0.2, 0.25) is 0 Å². The zero-order valence-electron chi connectivity index (χ0n) is 50.1. The number of aliphatic hydroxyl groups is 6. The first-order chi connectivity index (χ1) is 37.6. The predicted molar refractivity (Wildman–Crippen MR) is 311 cm³/mol. The molecular formula is C57H109Cl6N3O17. The van der Waals surface area contributed by atoms with E-state index in [0.29, 0.717) is 89.0 Å². The molecule has 3 atom stereocenters. The van der Waals surface area contributed by atoms with E-state index in [4.69, 9.17) is 64.7 Å². The maximum atomic E-state index is 12.0. The molecule has 0 bridgehead atoms. The number of likely N-dealkylation sites (tertiary alicyclic amines) is 3. The van der Waals surface area contributed by atoms with Crippen LogP contribution >= 0.6 is 34.8 Å². The largest absolute Gasteiger partial charge is 1.00 e. The van der Waals surface area contributed by atoms with E-state index in [0.717, 1.165) is 124 Å². The fourth-order valence-corrected chi connectivity index (χ4v) is 10.3. The van der Waals surface area contributed by atoms with Crippen molar-refractivity contribution in [3.63, 3.8) is 0 Å². The second-order valence-electron chi connectivity index (χ2n) is 22.4. The summed E-state index contributed by atoms with van der Waals surface area (Å²) < 4.78 is 12.5. The lowest BCUT2D eigenvalue weighted by Gasteiger charge is -2.48. The molecular weight excluding hydrogens is 1210 g/mol. The number of carboxylic acid groups (broad SMARTS) is 2. The Morgan fingerprint density at radius 3 is 0.976 bits per heavy atom. The summed E-state index contributed by atoms with van der Waals surface area (Å²) in [4.78, 5) is 67.7. The molecule has 496 valence electrons. The molecule has 4 aliphatic rings. The minimum atomic E-state index is -0.821. The number of ether oxygens (including phenoxy) is 2. The van der Waals surface area contributed by atoms with Gasteiger partial charge in [0, 0.05) is 77.0 Å². The van der Waals surface area contributed by atoms with E-state index in [1.54, 1.807) is 0 Å². The number of unbranched alkanes of at least 4 members (excludes halogenated alkanes) is 6. The van der Waals surface area contributed by atoms with Crippen molar-refractivity contribution < 1.29 is 135 Å². The second kappa shape index (κ2) is 54.8. The summed E-state index contributed by atoms with van der Waals surface area (Å²) in [5.41, 5.74) is 0. The first-order valence-electron chi connectivity index (χ1n) is 29.6. The highest BCUT2D eigenvalue weighted by atomic mass is 35.5. The van der Waals surface area contributed by atoms with Gasteiger partial charge in [-0.15, -0.1) is 34.8 Å². The Morgan fingerprint density at radius 2 is 0.759 bits per heavy atom. The zero-order valence-corrected chi connectivity index (χ0v) is 54.7. The zero-order chi connectivity index (χ0) is 59.5. The number of alkyl halides is 3. The number of rotatable bonds is 42. The molecule has 26 heteroatoms. The highest BCUT2D eigenvalue weighted by molar-refractivity contribution is 6.18. The minimum absolute atomic E-state index is 0. The van der Waals surface area contributed by atoms with Gasteiger partial charge in [-0.2, -0.15) is 0 Å². The van der Waals surface area contributed by atoms with Crippen LogP contribution < -0.4 is 37.2 Å². The molecule has 0 aliphatic carbocycles. The Morgan fingerprint density at radius 1 is 0.482 bits per heavy atom. The van der Waals surface area contributed by atoms with Crippen LogP contribution in [0.3, 0.4) is 0 Å². The van der Waals surface area contributed by atoms with Crippen molar-refractivity contribution in [2.45, 2.75) is 211 Å². The van der Waals surface area contributed by atoms with Crippen molar-refractivity contribution in [2.75, 3.05) is 116 Å². The topological polar surface area (TPSA) is 318 Å².